The molecule has 7 heteroatoms. The van der Waals surface area contributed by atoms with Crippen molar-refractivity contribution in [1.82, 2.24) is 15.5 Å². The maximum Gasteiger partial charge on any atom is 0.250 e. The largest absolute Gasteiger partial charge is 0.366 e. The first-order valence-electron chi connectivity index (χ1n) is 6.60. The van der Waals surface area contributed by atoms with Gasteiger partial charge in [-0.15, -0.1) is 24.8 Å². The Morgan fingerprint density at radius 3 is 2.50 bits per heavy atom. The van der Waals surface area contributed by atoms with Crippen LogP contribution in [0, 0.1) is 5.41 Å². The van der Waals surface area contributed by atoms with Gasteiger partial charge in [0.2, 0.25) is 0 Å². The van der Waals surface area contributed by atoms with E-state index in [2.05, 4.69) is 36.3 Å². The van der Waals surface area contributed by atoms with Gasteiger partial charge in [-0.3, -0.25) is 4.79 Å². The molecule has 1 rings (SSSR count). The summed E-state index contributed by atoms with van der Waals surface area (Å²) in [5, 5.41) is 6.23. The fourth-order valence-corrected chi connectivity index (χ4v) is 2.19. The number of halogens is 2. The highest BCUT2D eigenvalue weighted by Crippen LogP contribution is 2.21. The van der Waals surface area contributed by atoms with Gasteiger partial charge >= 0.3 is 0 Å². The number of hydrogen-bond acceptors (Lipinski definition) is 4. The number of nitrogens with zero attached hydrogens (tertiary/aromatic N) is 1. The molecule has 1 aliphatic heterocycles. The van der Waals surface area contributed by atoms with Crippen LogP contribution in [0.3, 0.4) is 0 Å². The molecular weight excluding hydrogens is 301 g/mol. The van der Waals surface area contributed by atoms with E-state index in [1.165, 1.54) is 0 Å². The van der Waals surface area contributed by atoms with Gasteiger partial charge in [0, 0.05) is 25.7 Å². The third-order valence-electron chi connectivity index (χ3n) is 3.47. The van der Waals surface area contributed by atoms with E-state index in [0.717, 1.165) is 13.1 Å². The Balaban J connectivity index is 0. The molecule has 0 bridgehead atoms. The molecule has 0 aromatic heterocycles. The van der Waals surface area contributed by atoms with Crippen LogP contribution in [-0.2, 0) is 9.53 Å². The molecule has 1 fully saturated rings. The second-order valence-corrected chi connectivity index (χ2v) is 6.02. The van der Waals surface area contributed by atoms with Gasteiger partial charge in [0.05, 0.1) is 6.61 Å². The standard InChI is InChI=1S/C13H27N3O2.2ClH/c1-10(13(2,3)9-16(4)5)15-12(17)11-8-14-6-7-18-11;;/h10-11,14H,6-9H2,1-5H3,(H,15,17);2*1H. The third-order valence-corrected chi connectivity index (χ3v) is 3.47. The van der Waals surface area contributed by atoms with Gasteiger partial charge in [0.1, 0.15) is 6.10 Å². The lowest BCUT2D eigenvalue weighted by Gasteiger charge is -2.36. The molecule has 1 amide bonds. The number of amides is 1. The first-order valence-corrected chi connectivity index (χ1v) is 6.60. The lowest BCUT2D eigenvalue weighted by molar-refractivity contribution is -0.135. The summed E-state index contributed by atoms with van der Waals surface area (Å²) in [4.78, 5) is 14.2. The number of carbonyl (C=O) groups is 1. The number of morpholine rings is 1. The molecule has 0 radical (unpaired) electrons. The first-order chi connectivity index (χ1) is 8.33. The minimum absolute atomic E-state index is 0. The quantitative estimate of drug-likeness (QED) is 0.787. The van der Waals surface area contributed by atoms with E-state index in [1.54, 1.807) is 0 Å². The van der Waals surface area contributed by atoms with E-state index in [4.69, 9.17) is 4.74 Å². The zero-order valence-electron chi connectivity index (χ0n) is 13.1. The summed E-state index contributed by atoms with van der Waals surface area (Å²) in [6, 6.07) is 0.109. The molecule has 0 aromatic rings. The van der Waals surface area contributed by atoms with Crippen LogP contribution < -0.4 is 10.6 Å². The summed E-state index contributed by atoms with van der Waals surface area (Å²) in [6.45, 7) is 9.34. The SMILES string of the molecule is CC(NC(=O)C1CNCCO1)C(C)(C)CN(C)C.Cl.Cl. The molecule has 0 aromatic carbocycles. The second kappa shape index (κ2) is 9.79. The highest BCUT2D eigenvalue weighted by molar-refractivity contribution is 5.85. The predicted octanol–water partition coefficient (Wildman–Crippen LogP) is 0.911. The molecule has 0 aliphatic carbocycles. The molecule has 122 valence electrons. The van der Waals surface area contributed by atoms with E-state index in [0.29, 0.717) is 13.2 Å². The number of nitrogens with one attached hydrogen (secondary N) is 2. The number of rotatable bonds is 5. The molecule has 2 unspecified atom stereocenters. The average molecular weight is 330 g/mol. The number of carbonyl (C=O) groups excluding carboxylic acids is 1. The molecular formula is C13H29Cl2N3O2. The van der Waals surface area contributed by atoms with Crippen LogP contribution in [0.1, 0.15) is 20.8 Å². The molecule has 0 saturated carbocycles. The smallest absolute Gasteiger partial charge is 0.250 e. The van der Waals surface area contributed by atoms with Crippen LogP contribution in [0.5, 0.6) is 0 Å². The Bertz CT molecular complexity index is 283. The van der Waals surface area contributed by atoms with E-state index >= 15 is 0 Å². The molecule has 20 heavy (non-hydrogen) atoms. The van der Waals surface area contributed by atoms with Crippen molar-refractivity contribution in [3.8, 4) is 0 Å². The fraction of sp³-hybridized carbons (Fsp3) is 0.923. The number of ether oxygens (including phenoxy) is 1. The maximum absolute atomic E-state index is 12.1. The summed E-state index contributed by atoms with van der Waals surface area (Å²) in [6.07, 6.45) is -0.351. The van der Waals surface area contributed by atoms with Crippen LogP contribution in [0.2, 0.25) is 0 Å². The summed E-state index contributed by atoms with van der Waals surface area (Å²) in [7, 11) is 4.09. The first kappa shape index (κ1) is 22.2. The van der Waals surface area contributed by atoms with Crippen molar-refractivity contribution >= 4 is 30.7 Å². The van der Waals surface area contributed by atoms with Crippen LogP contribution >= 0.6 is 24.8 Å². The predicted molar refractivity (Wildman–Crippen MR) is 87.0 cm³/mol. The van der Waals surface area contributed by atoms with Crippen molar-refractivity contribution < 1.29 is 9.53 Å². The van der Waals surface area contributed by atoms with E-state index in [-0.39, 0.29) is 48.3 Å². The van der Waals surface area contributed by atoms with Crippen LogP contribution in [0.4, 0.5) is 0 Å². The van der Waals surface area contributed by atoms with Crippen molar-refractivity contribution in [2.24, 2.45) is 5.41 Å². The van der Waals surface area contributed by atoms with Crippen LogP contribution in [0.15, 0.2) is 0 Å². The highest BCUT2D eigenvalue weighted by Gasteiger charge is 2.30. The Morgan fingerprint density at radius 1 is 1.45 bits per heavy atom. The maximum atomic E-state index is 12.1. The Hall–Kier alpha value is -0.0700. The summed E-state index contributed by atoms with van der Waals surface area (Å²) < 4.78 is 5.45. The molecule has 0 spiro atoms. The monoisotopic (exact) mass is 329 g/mol. The van der Waals surface area contributed by atoms with Crippen LogP contribution in [-0.4, -0.2) is 63.3 Å². The average Bonchev–Trinajstić information content (AvgIpc) is 2.28. The Kier molecular flexibility index (Phi) is 10.9. The third kappa shape index (κ3) is 7.09. The minimum atomic E-state index is -0.351. The van der Waals surface area contributed by atoms with Gasteiger partial charge in [-0.25, -0.2) is 0 Å². The summed E-state index contributed by atoms with van der Waals surface area (Å²) >= 11 is 0. The van der Waals surface area contributed by atoms with Crippen molar-refractivity contribution in [3.63, 3.8) is 0 Å². The lowest BCUT2D eigenvalue weighted by Crippen LogP contribution is -2.54. The van der Waals surface area contributed by atoms with Gasteiger partial charge in [-0.1, -0.05) is 13.8 Å². The lowest BCUT2D eigenvalue weighted by atomic mass is 9.85. The van der Waals surface area contributed by atoms with E-state index in [9.17, 15) is 4.79 Å². The number of hydrogen-bond donors (Lipinski definition) is 2. The van der Waals surface area contributed by atoms with Crippen molar-refractivity contribution in [2.75, 3.05) is 40.3 Å². The van der Waals surface area contributed by atoms with Gasteiger partial charge in [0.25, 0.3) is 5.91 Å². The van der Waals surface area contributed by atoms with Gasteiger partial charge in [0.15, 0.2) is 0 Å². The van der Waals surface area contributed by atoms with Crippen molar-refractivity contribution in [1.29, 1.82) is 0 Å². The van der Waals surface area contributed by atoms with Gasteiger partial charge < -0.3 is 20.3 Å². The van der Waals surface area contributed by atoms with Gasteiger partial charge in [-0.05, 0) is 26.4 Å². The topological polar surface area (TPSA) is 53.6 Å². The molecule has 5 nitrogen and oxygen atoms in total. The second-order valence-electron chi connectivity index (χ2n) is 6.02. The zero-order chi connectivity index (χ0) is 13.8. The van der Waals surface area contributed by atoms with Crippen molar-refractivity contribution in [2.45, 2.75) is 32.9 Å². The van der Waals surface area contributed by atoms with Crippen LogP contribution in [0.25, 0.3) is 0 Å². The van der Waals surface area contributed by atoms with Crippen molar-refractivity contribution in [3.05, 3.63) is 0 Å². The summed E-state index contributed by atoms with van der Waals surface area (Å²) in [5.41, 5.74) is 0.0290. The Labute approximate surface area is 135 Å². The normalized spacial score (nSPS) is 20.6. The molecule has 1 saturated heterocycles. The minimum Gasteiger partial charge on any atom is -0.366 e. The Morgan fingerprint density at radius 2 is 2.05 bits per heavy atom. The zero-order valence-corrected chi connectivity index (χ0v) is 14.7. The van der Waals surface area contributed by atoms with Gasteiger partial charge in [-0.2, -0.15) is 0 Å². The fourth-order valence-electron chi connectivity index (χ4n) is 2.19. The molecule has 2 atom stereocenters. The molecule has 2 N–H and O–H groups in total. The molecule has 1 heterocycles. The highest BCUT2D eigenvalue weighted by atomic mass is 35.5. The summed E-state index contributed by atoms with van der Waals surface area (Å²) in [5.74, 6) is -0.0125. The van der Waals surface area contributed by atoms with E-state index in [1.807, 2.05) is 14.1 Å². The van der Waals surface area contributed by atoms with E-state index < -0.39 is 0 Å². The molecule has 1 aliphatic rings.